The number of halogens is 1. The van der Waals surface area contributed by atoms with Crippen molar-refractivity contribution < 1.29 is 18.3 Å². The molecule has 0 atom stereocenters. The molecule has 0 saturated heterocycles. The van der Waals surface area contributed by atoms with Crippen molar-refractivity contribution in [3.05, 3.63) is 28.8 Å². The largest absolute Gasteiger partial charge is 0.480 e. The molecule has 0 unspecified atom stereocenters. The summed E-state index contributed by atoms with van der Waals surface area (Å²) < 4.78 is 27.0. The summed E-state index contributed by atoms with van der Waals surface area (Å²) >= 11 is 5.89. The maximum absolute atomic E-state index is 12.4. The molecule has 1 aliphatic carbocycles. The molecule has 2 N–H and O–H groups in total. The van der Waals surface area contributed by atoms with Crippen LogP contribution in [0.1, 0.15) is 31.2 Å². The Bertz CT molecular complexity index is 718. The molecule has 8 heteroatoms. The number of hydrogen-bond donors (Lipinski definition) is 2. The highest BCUT2D eigenvalue weighted by molar-refractivity contribution is 7.89. The van der Waals surface area contributed by atoms with Gasteiger partial charge in [-0.2, -0.15) is 9.98 Å². The maximum atomic E-state index is 12.4. The Kier molecular flexibility index (Phi) is 4.23. The quantitative estimate of drug-likeness (QED) is 0.877. The number of benzene rings is 1. The number of carboxylic acid groups (broad SMARTS) is 1. The van der Waals surface area contributed by atoms with E-state index in [0.717, 1.165) is 0 Å². The molecule has 1 aromatic rings. The van der Waals surface area contributed by atoms with Gasteiger partial charge in [-0.05, 0) is 31.0 Å². The molecule has 1 fully saturated rings. The van der Waals surface area contributed by atoms with Crippen LogP contribution in [0.5, 0.6) is 0 Å². The average molecular weight is 329 g/mol. The Hall–Kier alpha value is -1.62. The molecule has 21 heavy (non-hydrogen) atoms. The summed E-state index contributed by atoms with van der Waals surface area (Å²) in [5.74, 6) is -1.19. The number of carbonyl (C=O) groups is 1. The Morgan fingerprint density at radius 3 is 2.48 bits per heavy atom. The highest BCUT2D eigenvalue weighted by Gasteiger charge is 2.45. The van der Waals surface area contributed by atoms with Crippen LogP contribution in [0.25, 0.3) is 0 Å². The van der Waals surface area contributed by atoms with E-state index in [-0.39, 0.29) is 28.3 Å². The van der Waals surface area contributed by atoms with Crippen molar-refractivity contribution in [3.63, 3.8) is 0 Å². The first-order valence-electron chi connectivity index (χ1n) is 6.28. The van der Waals surface area contributed by atoms with E-state index in [1.807, 2.05) is 6.07 Å². The van der Waals surface area contributed by atoms with Crippen LogP contribution in [0.3, 0.4) is 0 Å². The topological polar surface area (TPSA) is 107 Å². The van der Waals surface area contributed by atoms with Crippen molar-refractivity contribution in [2.75, 3.05) is 0 Å². The highest BCUT2D eigenvalue weighted by Crippen LogP contribution is 2.32. The molecule has 0 amide bonds. The van der Waals surface area contributed by atoms with Gasteiger partial charge in [-0.25, -0.2) is 8.42 Å². The minimum absolute atomic E-state index is 0.111. The van der Waals surface area contributed by atoms with Gasteiger partial charge in [0.1, 0.15) is 10.4 Å². The molecule has 112 valence electrons. The van der Waals surface area contributed by atoms with Crippen LogP contribution >= 0.6 is 11.6 Å². The number of nitriles is 1. The van der Waals surface area contributed by atoms with Gasteiger partial charge in [0.05, 0.1) is 16.7 Å². The predicted octanol–water partition coefficient (Wildman–Crippen LogP) is 1.89. The second-order valence-corrected chi connectivity index (χ2v) is 7.01. The molecule has 0 heterocycles. The number of nitrogens with zero attached hydrogens (tertiary/aromatic N) is 1. The number of rotatable bonds is 4. The third-order valence-electron chi connectivity index (χ3n) is 3.55. The van der Waals surface area contributed by atoms with Gasteiger partial charge >= 0.3 is 5.97 Å². The molecule has 1 aromatic carbocycles. The van der Waals surface area contributed by atoms with Gasteiger partial charge in [0.25, 0.3) is 0 Å². The van der Waals surface area contributed by atoms with Gasteiger partial charge in [-0.15, -0.1) is 0 Å². The van der Waals surface area contributed by atoms with Gasteiger partial charge < -0.3 is 5.11 Å². The van der Waals surface area contributed by atoms with Crippen molar-refractivity contribution in [1.82, 2.24) is 4.72 Å². The van der Waals surface area contributed by atoms with Crippen LogP contribution in [-0.2, 0) is 14.8 Å². The third-order valence-corrected chi connectivity index (χ3v) is 5.57. The number of carboxylic acids is 1. The van der Waals surface area contributed by atoms with Crippen LogP contribution in [0.15, 0.2) is 23.1 Å². The Morgan fingerprint density at radius 1 is 1.38 bits per heavy atom. The van der Waals surface area contributed by atoms with Crippen LogP contribution in [-0.4, -0.2) is 25.0 Å². The number of aliphatic carboxylic acids is 1. The lowest BCUT2D eigenvalue weighted by atomic mass is 10.0. The number of nitrogens with one attached hydrogen (secondary N) is 1. The summed E-state index contributed by atoms with van der Waals surface area (Å²) in [6.07, 6.45) is 1.79. The van der Waals surface area contributed by atoms with Gasteiger partial charge in [-0.1, -0.05) is 24.4 Å². The van der Waals surface area contributed by atoms with E-state index in [9.17, 15) is 18.3 Å². The van der Waals surface area contributed by atoms with Gasteiger partial charge in [-0.3, -0.25) is 4.79 Å². The second-order valence-electron chi connectivity index (χ2n) is 4.96. The Balaban J connectivity index is 2.39. The van der Waals surface area contributed by atoms with Crippen LogP contribution in [0.4, 0.5) is 0 Å². The number of sulfonamides is 1. The summed E-state index contributed by atoms with van der Waals surface area (Å²) in [5, 5.41) is 18.0. The van der Waals surface area contributed by atoms with E-state index in [1.165, 1.54) is 18.2 Å². The summed E-state index contributed by atoms with van der Waals surface area (Å²) in [5.41, 5.74) is -1.25. The van der Waals surface area contributed by atoms with Crippen LogP contribution in [0.2, 0.25) is 5.02 Å². The van der Waals surface area contributed by atoms with Crippen molar-refractivity contribution in [3.8, 4) is 6.07 Å². The fourth-order valence-corrected chi connectivity index (χ4v) is 4.40. The minimum atomic E-state index is -4.07. The molecule has 0 bridgehead atoms. The zero-order valence-electron chi connectivity index (χ0n) is 11.0. The highest BCUT2D eigenvalue weighted by atomic mass is 35.5. The van der Waals surface area contributed by atoms with Crippen molar-refractivity contribution in [2.45, 2.75) is 36.1 Å². The first-order valence-corrected chi connectivity index (χ1v) is 8.14. The summed E-state index contributed by atoms with van der Waals surface area (Å²) in [6.45, 7) is 0. The van der Waals surface area contributed by atoms with Crippen molar-refractivity contribution in [1.29, 1.82) is 5.26 Å². The molecule has 0 radical (unpaired) electrons. The molecule has 0 aliphatic heterocycles. The Morgan fingerprint density at radius 2 is 2.00 bits per heavy atom. The first-order chi connectivity index (χ1) is 9.81. The average Bonchev–Trinajstić information content (AvgIpc) is 2.87. The molecular weight excluding hydrogens is 316 g/mol. The van der Waals surface area contributed by atoms with Crippen molar-refractivity contribution in [2.24, 2.45) is 0 Å². The summed E-state index contributed by atoms with van der Waals surface area (Å²) in [6, 6.07) is 5.61. The van der Waals surface area contributed by atoms with Gasteiger partial charge in [0.15, 0.2) is 0 Å². The molecule has 1 aliphatic rings. The molecule has 0 aromatic heterocycles. The smallest absolute Gasteiger partial charge is 0.324 e. The predicted molar refractivity (Wildman–Crippen MR) is 75.3 cm³/mol. The fraction of sp³-hybridized carbons (Fsp3) is 0.385. The summed E-state index contributed by atoms with van der Waals surface area (Å²) in [4.78, 5) is 11.2. The lowest BCUT2D eigenvalue weighted by molar-refractivity contribution is -0.143. The van der Waals surface area contributed by atoms with Crippen LogP contribution < -0.4 is 4.72 Å². The zero-order chi connectivity index (χ0) is 15.7. The molecule has 1 saturated carbocycles. The molecule has 2 rings (SSSR count). The lowest BCUT2D eigenvalue weighted by Gasteiger charge is -2.25. The van der Waals surface area contributed by atoms with Crippen LogP contribution in [0, 0.1) is 11.3 Å². The molecule has 6 nitrogen and oxygen atoms in total. The minimum Gasteiger partial charge on any atom is -0.480 e. The van der Waals surface area contributed by atoms with Gasteiger partial charge in [0.2, 0.25) is 10.0 Å². The first kappa shape index (κ1) is 15.8. The zero-order valence-corrected chi connectivity index (χ0v) is 12.5. The van der Waals surface area contributed by atoms with Crippen molar-refractivity contribution >= 4 is 27.6 Å². The standard InChI is InChI=1S/C13H13ClN2O4S/c14-10-7-9(8-15)3-4-11(10)21(19,20)16-13(12(17)18)5-1-2-6-13/h3-4,7,16H,1-2,5-6H2,(H,17,18). The van der Waals surface area contributed by atoms with Gasteiger partial charge in [0, 0.05) is 0 Å². The maximum Gasteiger partial charge on any atom is 0.324 e. The lowest BCUT2D eigenvalue weighted by Crippen LogP contribution is -2.52. The Labute approximate surface area is 127 Å². The molecular formula is C13H13ClN2O4S. The summed E-state index contributed by atoms with van der Waals surface area (Å²) in [7, 11) is -4.07. The fourth-order valence-electron chi connectivity index (χ4n) is 2.44. The van der Waals surface area contributed by atoms with E-state index < -0.39 is 21.5 Å². The van der Waals surface area contributed by atoms with E-state index in [2.05, 4.69) is 4.72 Å². The second kappa shape index (κ2) is 5.64. The SMILES string of the molecule is N#Cc1ccc(S(=O)(=O)NC2(C(=O)O)CCCC2)c(Cl)c1. The van der Waals surface area contributed by atoms with E-state index in [4.69, 9.17) is 16.9 Å². The molecule has 0 spiro atoms. The third kappa shape index (κ3) is 3.02. The van der Waals surface area contributed by atoms with E-state index >= 15 is 0 Å². The monoisotopic (exact) mass is 328 g/mol. The normalized spacial score (nSPS) is 17.3. The van der Waals surface area contributed by atoms with E-state index in [0.29, 0.717) is 12.8 Å². The van der Waals surface area contributed by atoms with E-state index in [1.54, 1.807) is 0 Å². The number of hydrogen-bond acceptors (Lipinski definition) is 4.